The maximum Gasteiger partial charge on any atom is 0.263 e. The first kappa shape index (κ1) is 21.2. The Bertz CT molecular complexity index is 1090. The number of ether oxygens (including phenoxy) is 2. The van der Waals surface area contributed by atoms with E-state index in [2.05, 4.69) is 16.0 Å². The van der Waals surface area contributed by atoms with Gasteiger partial charge in [0.1, 0.15) is 17.3 Å². The van der Waals surface area contributed by atoms with Gasteiger partial charge in [-0.1, -0.05) is 23.2 Å². The van der Waals surface area contributed by atoms with Crippen LogP contribution in [0.3, 0.4) is 0 Å². The van der Waals surface area contributed by atoms with E-state index in [1.165, 1.54) is 12.1 Å². The highest BCUT2D eigenvalue weighted by atomic mass is 35.5. The van der Waals surface area contributed by atoms with Gasteiger partial charge in [-0.2, -0.15) is 0 Å². The lowest BCUT2D eigenvalue weighted by atomic mass is 9.44. The smallest absolute Gasteiger partial charge is 0.263 e. The van der Waals surface area contributed by atoms with Crippen LogP contribution in [0, 0.1) is 5.82 Å². The number of rotatable bonds is 6. The molecule has 0 saturated heterocycles. The van der Waals surface area contributed by atoms with E-state index in [0.717, 1.165) is 11.8 Å². The van der Waals surface area contributed by atoms with Crippen molar-refractivity contribution in [3.05, 3.63) is 52.3 Å². The highest BCUT2D eigenvalue weighted by Crippen LogP contribution is 2.60. The molecule has 1 aliphatic heterocycles. The average Bonchev–Trinajstić information content (AvgIpc) is 2.71. The van der Waals surface area contributed by atoms with Gasteiger partial charge < -0.3 is 25.4 Å². The van der Waals surface area contributed by atoms with Crippen molar-refractivity contribution < 1.29 is 23.5 Å². The summed E-state index contributed by atoms with van der Waals surface area (Å²) in [7, 11) is 0. The van der Waals surface area contributed by atoms with Crippen LogP contribution in [-0.4, -0.2) is 42.1 Å². The molecule has 3 saturated carbocycles. The lowest BCUT2D eigenvalue weighted by molar-refractivity contribution is -0.153. The van der Waals surface area contributed by atoms with Gasteiger partial charge in [0.25, 0.3) is 11.8 Å². The van der Waals surface area contributed by atoms with E-state index >= 15 is 0 Å². The van der Waals surface area contributed by atoms with Crippen LogP contribution in [0.1, 0.15) is 19.3 Å². The molecule has 6 rings (SSSR count). The van der Waals surface area contributed by atoms with Crippen LogP contribution < -0.4 is 25.4 Å². The molecule has 0 spiro atoms. The molecular weight excluding hydrogens is 460 g/mol. The van der Waals surface area contributed by atoms with Crippen LogP contribution in [-0.2, 0) is 9.59 Å². The highest BCUT2D eigenvalue weighted by Gasteiger charge is 2.69. The Labute approximate surface area is 193 Å². The van der Waals surface area contributed by atoms with Gasteiger partial charge in [0.05, 0.1) is 17.3 Å². The van der Waals surface area contributed by atoms with Crippen molar-refractivity contribution in [1.82, 2.24) is 10.6 Å². The molecule has 2 bridgehead atoms. The Morgan fingerprint density at radius 2 is 1.88 bits per heavy atom. The zero-order valence-corrected chi connectivity index (χ0v) is 18.4. The lowest BCUT2D eigenvalue weighted by Crippen LogP contribution is -2.84. The highest BCUT2D eigenvalue weighted by molar-refractivity contribution is 6.31. The number of carbonyl (C=O) groups excluding carboxylic acids is 2. The second-order valence-electron chi connectivity index (χ2n) is 8.62. The predicted molar refractivity (Wildman–Crippen MR) is 117 cm³/mol. The van der Waals surface area contributed by atoms with Crippen LogP contribution in [0.5, 0.6) is 11.5 Å². The van der Waals surface area contributed by atoms with Crippen molar-refractivity contribution in [3.8, 4) is 11.5 Å². The molecule has 10 heteroatoms. The van der Waals surface area contributed by atoms with Crippen molar-refractivity contribution in [2.45, 2.75) is 36.4 Å². The molecule has 0 unspecified atom stereocenters. The minimum atomic E-state index is -0.642. The van der Waals surface area contributed by atoms with Gasteiger partial charge in [0.2, 0.25) is 0 Å². The summed E-state index contributed by atoms with van der Waals surface area (Å²) in [5.74, 6) is -0.275. The van der Waals surface area contributed by atoms with Crippen LogP contribution in [0.25, 0.3) is 0 Å². The zero-order valence-electron chi connectivity index (χ0n) is 16.8. The fraction of sp³-hybridized carbons (Fsp3) is 0.364. The minimum absolute atomic E-state index is 0.00831. The molecule has 3 aliphatic carbocycles. The third-order valence-corrected chi connectivity index (χ3v) is 6.61. The maximum absolute atomic E-state index is 13.4. The first-order valence-electron chi connectivity index (χ1n) is 10.2. The summed E-state index contributed by atoms with van der Waals surface area (Å²) in [6.45, 7) is 0.118. The molecule has 7 nitrogen and oxygen atoms in total. The van der Waals surface area contributed by atoms with Crippen molar-refractivity contribution in [1.29, 1.82) is 0 Å². The van der Waals surface area contributed by atoms with Crippen LogP contribution in [0.2, 0.25) is 10.0 Å². The summed E-state index contributed by atoms with van der Waals surface area (Å²) in [5.41, 5.74) is 0.125. The maximum atomic E-state index is 13.4. The standard InChI is InChI=1S/C22H20Cl2FN3O4/c23-12-1-4-17-16(5-12)26-7-18(32-17)20(30)28-22-9-21(10-22,11-22)27-19(29)8-31-13-2-3-14(24)15(25)6-13/h1-6,18,26H,7-11H2,(H,27,29)(H,28,30)/t18-,21?,22?/m0/s1. The van der Waals surface area contributed by atoms with Gasteiger partial charge in [0, 0.05) is 22.2 Å². The van der Waals surface area contributed by atoms with E-state index in [1.54, 1.807) is 18.2 Å². The quantitative estimate of drug-likeness (QED) is 0.591. The number of anilines is 1. The third-order valence-electron chi connectivity index (χ3n) is 6.07. The zero-order chi connectivity index (χ0) is 22.5. The van der Waals surface area contributed by atoms with Crippen molar-refractivity contribution >= 4 is 40.7 Å². The molecule has 4 aliphatic rings. The number of nitrogens with one attached hydrogen (secondary N) is 3. The Balaban J connectivity index is 1.08. The predicted octanol–water partition coefficient (Wildman–Crippen LogP) is 3.29. The van der Waals surface area contributed by atoms with Gasteiger partial charge >= 0.3 is 0 Å². The first-order valence-corrected chi connectivity index (χ1v) is 10.9. The summed E-state index contributed by atoms with van der Waals surface area (Å²) in [6, 6.07) is 9.21. The number of amides is 2. The molecular formula is C22H20Cl2FN3O4. The van der Waals surface area contributed by atoms with E-state index in [9.17, 15) is 14.0 Å². The lowest BCUT2D eigenvalue weighted by Gasteiger charge is -2.70. The minimum Gasteiger partial charge on any atom is -0.484 e. The monoisotopic (exact) mass is 479 g/mol. The largest absolute Gasteiger partial charge is 0.484 e. The molecule has 1 atom stereocenters. The fourth-order valence-electron chi connectivity index (χ4n) is 4.73. The van der Waals surface area contributed by atoms with E-state index < -0.39 is 11.9 Å². The Hall–Kier alpha value is -2.71. The third kappa shape index (κ3) is 3.93. The summed E-state index contributed by atoms with van der Waals surface area (Å²) in [4.78, 5) is 24.9. The Kier molecular flexibility index (Phi) is 5.09. The summed E-state index contributed by atoms with van der Waals surface area (Å²) in [5, 5.41) is 9.78. The number of fused-ring (bicyclic) bond motifs is 1. The number of hydrogen-bond acceptors (Lipinski definition) is 5. The van der Waals surface area contributed by atoms with Gasteiger partial charge in [-0.15, -0.1) is 0 Å². The van der Waals surface area contributed by atoms with Crippen LogP contribution in [0.15, 0.2) is 36.4 Å². The molecule has 0 aromatic heterocycles. The second-order valence-corrected chi connectivity index (χ2v) is 9.46. The van der Waals surface area contributed by atoms with Crippen molar-refractivity contribution in [3.63, 3.8) is 0 Å². The Morgan fingerprint density at radius 1 is 1.12 bits per heavy atom. The SMILES string of the molecule is O=C(COc1ccc(Cl)c(F)c1)NC12CC(NC(=O)[C@@H]3CNc4cc(Cl)ccc4O3)(C1)C2. The molecule has 1 heterocycles. The second kappa shape index (κ2) is 7.71. The van der Waals surface area contributed by atoms with Gasteiger partial charge in [-0.25, -0.2) is 4.39 Å². The summed E-state index contributed by atoms with van der Waals surface area (Å²) in [6.07, 6.45) is 1.31. The van der Waals surface area contributed by atoms with Crippen molar-refractivity contribution in [2.75, 3.05) is 18.5 Å². The molecule has 32 heavy (non-hydrogen) atoms. The Morgan fingerprint density at radius 3 is 2.62 bits per heavy atom. The van der Waals surface area contributed by atoms with E-state index in [-0.39, 0.29) is 40.3 Å². The normalized spacial score (nSPS) is 26.9. The fourth-order valence-corrected chi connectivity index (χ4v) is 5.02. The van der Waals surface area contributed by atoms with Crippen LogP contribution in [0.4, 0.5) is 10.1 Å². The average molecular weight is 480 g/mol. The number of halogens is 3. The molecule has 168 valence electrons. The number of carbonyl (C=O) groups is 2. The molecule has 2 amide bonds. The van der Waals surface area contributed by atoms with Gasteiger partial charge in [-0.3, -0.25) is 9.59 Å². The van der Waals surface area contributed by atoms with E-state index in [1.807, 2.05) is 0 Å². The van der Waals surface area contributed by atoms with Gasteiger partial charge in [0.15, 0.2) is 12.7 Å². The summed E-state index contributed by atoms with van der Waals surface area (Å²) >= 11 is 11.6. The molecule has 2 aromatic carbocycles. The summed E-state index contributed by atoms with van der Waals surface area (Å²) < 4.78 is 24.6. The molecule has 2 aromatic rings. The topological polar surface area (TPSA) is 88.7 Å². The molecule has 3 N–H and O–H groups in total. The first-order chi connectivity index (χ1) is 15.2. The van der Waals surface area contributed by atoms with Crippen molar-refractivity contribution in [2.24, 2.45) is 0 Å². The molecule has 0 radical (unpaired) electrons. The van der Waals surface area contributed by atoms with E-state index in [4.69, 9.17) is 32.7 Å². The van der Waals surface area contributed by atoms with E-state index in [0.29, 0.717) is 36.6 Å². The molecule has 3 fully saturated rings. The van der Waals surface area contributed by atoms with Crippen LogP contribution >= 0.6 is 23.2 Å². The number of hydrogen-bond donors (Lipinski definition) is 3. The van der Waals surface area contributed by atoms with Gasteiger partial charge in [-0.05, 0) is 49.6 Å². The number of benzene rings is 2.